The van der Waals surface area contributed by atoms with Crippen LogP contribution in [-0.2, 0) is 6.42 Å². The van der Waals surface area contributed by atoms with Crippen molar-refractivity contribution in [1.29, 1.82) is 0 Å². The van der Waals surface area contributed by atoms with Crippen LogP contribution >= 0.6 is 0 Å². The molecule has 3 unspecified atom stereocenters. The highest BCUT2D eigenvalue weighted by Gasteiger charge is 2.45. The lowest BCUT2D eigenvalue weighted by Crippen LogP contribution is -2.40. The Bertz CT molecular complexity index is 2220. The Kier molecular flexibility index (Phi) is 6.57. The number of hydrogen-bond acceptors (Lipinski definition) is 1. The molecule has 3 atom stereocenters. The molecule has 0 N–H and O–H groups in total. The molecule has 2 heteroatoms. The van der Waals surface area contributed by atoms with E-state index in [0.717, 1.165) is 44.9 Å². The topological polar surface area (TPSA) is 8.17 Å². The average molecular weight is 621 g/mol. The second kappa shape index (κ2) is 11.3. The number of rotatable bonds is 4. The summed E-state index contributed by atoms with van der Waals surface area (Å²) in [7, 11) is 0. The molecule has 10 rings (SSSR count). The molecule has 1 aromatic heterocycles. The molecule has 6 aliphatic rings. The number of nitrogens with zero attached hydrogens (tertiary/aromatic N) is 2. The lowest BCUT2D eigenvalue weighted by molar-refractivity contribution is 0.250. The van der Waals surface area contributed by atoms with E-state index in [4.69, 9.17) is 0 Å². The second-order valence-corrected chi connectivity index (χ2v) is 14.1. The second-order valence-electron chi connectivity index (χ2n) is 14.1. The number of aromatic nitrogens is 1. The third-order valence-corrected chi connectivity index (χ3v) is 11.5. The highest BCUT2D eigenvalue weighted by atomic mass is 15.2. The van der Waals surface area contributed by atoms with Crippen LogP contribution in [0.25, 0.3) is 39.9 Å². The quantitative estimate of drug-likeness (QED) is 0.220. The van der Waals surface area contributed by atoms with E-state index >= 15 is 0 Å². The average Bonchev–Trinajstić information content (AvgIpc) is 3.68. The van der Waals surface area contributed by atoms with Gasteiger partial charge in [0.15, 0.2) is 0 Å². The summed E-state index contributed by atoms with van der Waals surface area (Å²) >= 11 is 0. The summed E-state index contributed by atoms with van der Waals surface area (Å²) in [6.45, 7) is 0. The fourth-order valence-electron chi connectivity index (χ4n) is 9.37. The first-order chi connectivity index (χ1) is 23.8. The molecule has 0 saturated carbocycles. The Labute approximate surface area is 283 Å². The van der Waals surface area contributed by atoms with E-state index < -0.39 is 0 Å². The summed E-state index contributed by atoms with van der Waals surface area (Å²) in [4.78, 5) is 2.78. The highest BCUT2D eigenvalue weighted by molar-refractivity contribution is 5.97. The van der Waals surface area contributed by atoms with Crippen molar-refractivity contribution in [1.82, 2.24) is 9.47 Å². The van der Waals surface area contributed by atoms with Gasteiger partial charge in [0.1, 0.15) is 0 Å². The summed E-state index contributed by atoms with van der Waals surface area (Å²) in [5.74, 6) is 0.316. The van der Waals surface area contributed by atoms with Gasteiger partial charge in [0.2, 0.25) is 0 Å². The zero-order chi connectivity index (χ0) is 31.6. The monoisotopic (exact) mass is 620 g/mol. The molecular weight excluding hydrogens is 581 g/mol. The Hall–Kier alpha value is -5.08. The molecule has 234 valence electrons. The highest BCUT2D eigenvalue weighted by Crippen LogP contribution is 2.53. The third-order valence-electron chi connectivity index (χ3n) is 11.5. The fourth-order valence-corrected chi connectivity index (χ4v) is 9.37. The van der Waals surface area contributed by atoms with Gasteiger partial charge < -0.3 is 9.47 Å². The van der Waals surface area contributed by atoms with E-state index in [1.165, 1.54) is 66.8 Å². The fraction of sp³-hybridized carbons (Fsp3) is 0.217. The third kappa shape index (κ3) is 4.39. The van der Waals surface area contributed by atoms with E-state index in [9.17, 15) is 0 Å². The van der Waals surface area contributed by atoms with Gasteiger partial charge in [-0.25, -0.2) is 0 Å². The number of aryl methyl sites for hydroxylation is 1. The van der Waals surface area contributed by atoms with Crippen molar-refractivity contribution in [2.45, 2.75) is 62.9 Å². The van der Waals surface area contributed by atoms with Gasteiger partial charge in [-0.05, 0) is 114 Å². The van der Waals surface area contributed by atoms with Gasteiger partial charge in [-0.15, -0.1) is 0 Å². The van der Waals surface area contributed by atoms with Crippen LogP contribution in [0.3, 0.4) is 0 Å². The summed E-state index contributed by atoms with van der Waals surface area (Å²) in [5, 5.41) is 1.39. The molecule has 5 aliphatic carbocycles. The lowest BCUT2D eigenvalue weighted by atomic mass is 9.80. The molecular formula is C46H40N2. The van der Waals surface area contributed by atoms with E-state index in [0.29, 0.717) is 18.0 Å². The van der Waals surface area contributed by atoms with E-state index in [-0.39, 0.29) is 0 Å². The number of benzene rings is 3. The van der Waals surface area contributed by atoms with E-state index in [1.807, 2.05) is 0 Å². The van der Waals surface area contributed by atoms with Crippen LogP contribution in [0.2, 0.25) is 0 Å². The van der Waals surface area contributed by atoms with Gasteiger partial charge in [-0.2, -0.15) is 0 Å². The number of allylic oxidation sites excluding steroid dienone is 10. The van der Waals surface area contributed by atoms with Crippen LogP contribution < -0.4 is 0 Å². The maximum atomic E-state index is 2.78. The zero-order valence-corrected chi connectivity index (χ0v) is 27.4. The van der Waals surface area contributed by atoms with Crippen molar-refractivity contribution in [2.75, 3.05) is 0 Å². The van der Waals surface area contributed by atoms with Gasteiger partial charge in [-0.1, -0.05) is 115 Å². The predicted octanol–water partition coefficient (Wildman–Crippen LogP) is 11.2. The molecule has 0 amide bonds. The first-order valence-corrected chi connectivity index (χ1v) is 17.9. The van der Waals surface area contributed by atoms with Gasteiger partial charge in [0.25, 0.3) is 0 Å². The van der Waals surface area contributed by atoms with Gasteiger partial charge in [-0.3, -0.25) is 0 Å². The van der Waals surface area contributed by atoms with Crippen LogP contribution in [0.4, 0.5) is 0 Å². The SMILES string of the molecule is C1=CCC(N2C3=C(C=CCC3)C3c4c(n(C5=CCCC(C6=Cc7ccccc7CC6)=C5)c5ccc(-c6ccccc6)cc45)C=CC32)C=C1. The molecule has 1 aliphatic heterocycles. The Morgan fingerprint density at radius 1 is 0.688 bits per heavy atom. The number of hydrogen-bond donors (Lipinski definition) is 0. The summed E-state index contributed by atoms with van der Waals surface area (Å²) in [6.07, 6.45) is 34.3. The van der Waals surface area contributed by atoms with Crippen molar-refractivity contribution in [3.8, 4) is 11.1 Å². The lowest BCUT2D eigenvalue weighted by Gasteiger charge is -2.38. The molecule has 2 heterocycles. The summed E-state index contributed by atoms with van der Waals surface area (Å²) in [6, 6.07) is 27.8. The van der Waals surface area contributed by atoms with Crippen LogP contribution in [0.5, 0.6) is 0 Å². The maximum absolute atomic E-state index is 2.78. The molecule has 0 fully saturated rings. The normalized spacial score (nSPS) is 23.8. The van der Waals surface area contributed by atoms with Crippen LogP contribution in [0, 0.1) is 0 Å². The van der Waals surface area contributed by atoms with Gasteiger partial charge in [0.05, 0.1) is 23.3 Å². The van der Waals surface area contributed by atoms with E-state index in [2.05, 4.69) is 149 Å². The first kappa shape index (κ1) is 28.0. The molecule has 4 aromatic rings. The van der Waals surface area contributed by atoms with Crippen LogP contribution in [0.15, 0.2) is 150 Å². The van der Waals surface area contributed by atoms with Gasteiger partial charge in [0, 0.05) is 22.7 Å². The Balaban J connectivity index is 1.16. The molecule has 2 nitrogen and oxygen atoms in total. The first-order valence-electron chi connectivity index (χ1n) is 17.9. The minimum Gasteiger partial charge on any atom is -0.360 e. The summed E-state index contributed by atoms with van der Waals surface area (Å²) < 4.78 is 2.60. The van der Waals surface area contributed by atoms with Crippen molar-refractivity contribution in [2.24, 2.45) is 0 Å². The van der Waals surface area contributed by atoms with E-state index in [1.54, 1.807) is 5.70 Å². The van der Waals surface area contributed by atoms with Crippen molar-refractivity contribution < 1.29 is 0 Å². The Morgan fingerprint density at radius 2 is 1.58 bits per heavy atom. The smallest absolute Gasteiger partial charge is 0.0591 e. The minimum absolute atomic E-state index is 0.316. The molecule has 0 spiro atoms. The number of fused-ring (bicyclic) bond motifs is 7. The van der Waals surface area contributed by atoms with Crippen LogP contribution in [0.1, 0.15) is 66.8 Å². The largest absolute Gasteiger partial charge is 0.360 e. The molecule has 48 heavy (non-hydrogen) atoms. The molecule has 0 bridgehead atoms. The van der Waals surface area contributed by atoms with Crippen molar-refractivity contribution >= 4 is 28.8 Å². The van der Waals surface area contributed by atoms with Crippen molar-refractivity contribution in [3.63, 3.8) is 0 Å². The van der Waals surface area contributed by atoms with Crippen LogP contribution in [-0.4, -0.2) is 21.6 Å². The van der Waals surface area contributed by atoms with Gasteiger partial charge >= 0.3 is 0 Å². The predicted molar refractivity (Wildman–Crippen MR) is 201 cm³/mol. The standard InChI is InChI=1S/C46H40N2/c1-3-12-31(13-4-1)36-24-25-42-40(30-36)46-44(27-26-43-45(46)39-20-9-10-21-41(39)47(43)37-17-5-2-6-18-37)48(42)38-19-11-16-34(29-38)35-23-22-32-14-7-8-15-33(32)28-35/h1-9,12-15,17,19-20,24-30,37,43,45H,10-11,16,18,21-23H2. The molecule has 0 saturated heterocycles. The summed E-state index contributed by atoms with van der Waals surface area (Å²) in [5.41, 5.74) is 17.0. The minimum atomic E-state index is 0.316. The molecule has 0 radical (unpaired) electrons. The zero-order valence-electron chi connectivity index (χ0n) is 27.4. The molecule has 3 aromatic carbocycles. The Morgan fingerprint density at radius 3 is 2.50 bits per heavy atom. The van der Waals surface area contributed by atoms with Crippen molar-refractivity contribution in [3.05, 3.63) is 172 Å². The maximum Gasteiger partial charge on any atom is 0.0591 e.